The Morgan fingerprint density at radius 2 is 1.69 bits per heavy atom. The van der Waals surface area contributed by atoms with E-state index in [4.69, 9.17) is 15.6 Å². The first-order valence-electron chi connectivity index (χ1n) is 11.1. The molecule has 0 saturated heterocycles. The maximum absolute atomic E-state index is 11.6. The number of nitrogens with zero attached hydrogens (tertiary/aromatic N) is 1. The molecule has 1 aromatic carbocycles. The van der Waals surface area contributed by atoms with E-state index in [2.05, 4.69) is 12.6 Å². The van der Waals surface area contributed by atoms with Gasteiger partial charge in [-0.25, -0.2) is 4.79 Å². The molecule has 0 unspecified atom stereocenters. The SMILES string of the molecule is C[C@H](CS)C(=O)O[C@@H](Cc1ccc([N+](=O)[O-])cc1)C(=O)O.NC12CC3CC(CC(C3)C1)C2. The normalized spacial score (nSPS) is 29.4. The van der Waals surface area contributed by atoms with Crippen LogP contribution in [0.1, 0.15) is 51.0 Å². The Balaban J connectivity index is 0.000000215. The van der Waals surface area contributed by atoms with Crippen molar-refractivity contribution < 1.29 is 24.4 Å². The van der Waals surface area contributed by atoms with Crippen LogP contribution in [0.25, 0.3) is 0 Å². The first-order valence-corrected chi connectivity index (χ1v) is 11.8. The van der Waals surface area contributed by atoms with Crippen LogP contribution in [0, 0.1) is 33.8 Å². The van der Waals surface area contributed by atoms with Crippen molar-refractivity contribution in [1.82, 2.24) is 0 Å². The zero-order valence-corrected chi connectivity index (χ0v) is 19.2. The molecule has 1 aromatic rings. The van der Waals surface area contributed by atoms with E-state index in [0.29, 0.717) is 11.1 Å². The molecule has 0 aromatic heterocycles. The fourth-order valence-electron chi connectivity index (χ4n) is 5.66. The highest BCUT2D eigenvalue weighted by Crippen LogP contribution is 2.54. The summed E-state index contributed by atoms with van der Waals surface area (Å²) in [5.41, 5.74) is 7.06. The summed E-state index contributed by atoms with van der Waals surface area (Å²) in [7, 11) is 0. The van der Waals surface area contributed by atoms with Crippen LogP contribution < -0.4 is 5.73 Å². The van der Waals surface area contributed by atoms with Gasteiger partial charge in [-0.1, -0.05) is 19.1 Å². The van der Waals surface area contributed by atoms with Gasteiger partial charge in [-0.3, -0.25) is 14.9 Å². The third-order valence-corrected chi connectivity index (χ3v) is 7.41. The second kappa shape index (κ2) is 10.2. The molecule has 4 aliphatic rings. The van der Waals surface area contributed by atoms with Crippen molar-refractivity contribution in [3.05, 3.63) is 39.9 Å². The Morgan fingerprint density at radius 1 is 1.19 bits per heavy atom. The third-order valence-electron chi connectivity index (χ3n) is 6.86. The second-order valence-corrected chi connectivity index (χ2v) is 10.1. The Hall–Kier alpha value is -2.13. The van der Waals surface area contributed by atoms with Gasteiger partial charge in [0.2, 0.25) is 6.10 Å². The van der Waals surface area contributed by atoms with Gasteiger partial charge in [0.1, 0.15) is 0 Å². The van der Waals surface area contributed by atoms with Crippen molar-refractivity contribution in [3.63, 3.8) is 0 Å². The van der Waals surface area contributed by atoms with Crippen molar-refractivity contribution >= 4 is 30.3 Å². The third kappa shape index (κ3) is 6.22. The van der Waals surface area contributed by atoms with Gasteiger partial charge in [-0.2, -0.15) is 12.6 Å². The van der Waals surface area contributed by atoms with Crippen molar-refractivity contribution in [2.45, 2.75) is 63.5 Å². The molecule has 0 aliphatic heterocycles. The van der Waals surface area contributed by atoms with Crippen LogP contribution >= 0.6 is 12.6 Å². The zero-order valence-electron chi connectivity index (χ0n) is 18.3. The van der Waals surface area contributed by atoms with Crippen LogP contribution in [0.4, 0.5) is 5.69 Å². The number of nitrogens with two attached hydrogens (primary N) is 1. The predicted molar refractivity (Wildman–Crippen MR) is 122 cm³/mol. The van der Waals surface area contributed by atoms with Gasteiger partial charge in [0.25, 0.3) is 5.69 Å². The first-order chi connectivity index (χ1) is 15.1. The number of hydrogen-bond acceptors (Lipinski definition) is 7. The summed E-state index contributed by atoms with van der Waals surface area (Å²) < 4.78 is 4.92. The van der Waals surface area contributed by atoms with Gasteiger partial charge in [-0.05, 0) is 61.8 Å². The molecule has 3 N–H and O–H groups in total. The van der Waals surface area contributed by atoms with E-state index in [9.17, 15) is 19.7 Å². The number of esters is 1. The summed E-state index contributed by atoms with van der Waals surface area (Å²) in [5.74, 6) is 0.895. The van der Waals surface area contributed by atoms with Crippen molar-refractivity contribution in [2.24, 2.45) is 29.4 Å². The lowest BCUT2D eigenvalue weighted by atomic mass is 9.53. The molecule has 176 valence electrons. The molecule has 0 heterocycles. The molecule has 0 amide bonds. The van der Waals surface area contributed by atoms with Crippen LogP contribution in [0.3, 0.4) is 0 Å². The molecule has 0 spiro atoms. The van der Waals surface area contributed by atoms with Gasteiger partial charge >= 0.3 is 11.9 Å². The highest BCUT2D eigenvalue weighted by molar-refractivity contribution is 7.80. The minimum Gasteiger partial charge on any atom is -0.478 e. The lowest BCUT2D eigenvalue weighted by molar-refractivity contribution is -0.384. The van der Waals surface area contributed by atoms with Crippen LogP contribution in [-0.4, -0.2) is 39.4 Å². The number of carbonyl (C=O) groups is 2. The standard InChI is InChI=1S/C13H15NO6S.C10H17N/c1-8(7-21)13(17)20-11(12(15)16)6-9-2-4-10(5-3-9)14(18)19;11-10-4-7-1-8(5-10)3-9(2-7)6-10/h2-5,8,11,21H,6-7H2,1H3,(H,15,16);7-9H,1-6,11H2/t8-,11+;/m1./s1. The molecular formula is C23H32N2O6S. The topological polar surface area (TPSA) is 133 Å². The van der Waals surface area contributed by atoms with Gasteiger partial charge < -0.3 is 15.6 Å². The number of carbonyl (C=O) groups excluding carboxylic acids is 1. The lowest BCUT2D eigenvalue weighted by Gasteiger charge is -2.55. The van der Waals surface area contributed by atoms with Gasteiger partial charge in [0.05, 0.1) is 10.8 Å². The fourth-order valence-corrected chi connectivity index (χ4v) is 5.80. The summed E-state index contributed by atoms with van der Waals surface area (Å²) in [6.07, 6.45) is 7.18. The molecule has 4 aliphatic carbocycles. The molecule has 0 radical (unpaired) electrons. The molecule has 4 bridgehead atoms. The predicted octanol–water partition coefficient (Wildman–Crippen LogP) is 3.61. The number of rotatable bonds is 7. The zero-order chi connectivity index (χ0) is 23.5. The summed E-state index contributed by atoms with van der Waals surface area (Å²) in [6.45, 7) is 1.58. The van der Waals surface area contributed by atoms with Crippen molar-refractivity contribution in [2.75, 3.05) is 5.75 Å². The average Bonchev–Trinajstić information content (AvgIpc) is 2.71. The Bertz CT molecular complexity index is 808. The number of hydrogen-bond donors (Lipinski definition) is 3. The lowest BCUT2D eigenvalue weighted by Crippen LogP contribution is -2.55. The average molecular weight is 465 g/mol. The van der Waals surface area contributed by atoms with E-state index in [1.807, 2.05) is 0 Å². The summed E-state index contributed by atoms with van der Waals surface area (Å²) in [5, 5.41) is 19.6. The van der Waals surface area contributed by atoms with Crippen LogP contribution in [-0.2, 0) is 20.7 Å². The Kier molecular flexibility index (Phi) is 7.82. The van der Waals surface area contributed by atoms with Crippen LogP contribution in [0.15, 0.2) is 24.3 Å². The molecule has 5 rings (SSSR count). The number of non-ortho nitro benzene ring substituents is 1. The highest BCUT2D eigenvalue weighted by atomic mass is 32.1. The van der Waals surface area contributed by atoms with E-state index in [1.165, 1.54) is 62.8 Å². The van der Waals surface area contributed by atoms with Crippen molar-refractivity contribution in [3.8, 4) is 0 Å². The number of nitro benzene ring substituents is 1. The highest BCUT2D eigenvalue weighted by Gasteiger charge is 2.48. The molecule has 8 nitrogen and oxygen atoms in total. The van der Waals surface area contributed by atoms with E-state index < -0.39 is 28.9 Å². The van der Waals surface area contributed by atoms with E-state index in [0.717, 1.165) is 17.8 Å². The number of carboxylic acid groups (broad SMARTS) is 1. The number of benzene rings is 1. The van der Waals surface area contributed by atoms with Gasteiger partial charge in [-0.15, -0.1) is 0 Å². The maximum Gasteiger partial charge on any atom is 0.345 e. The quantitative estimate of drug-likeness (QED) is 0.243. The number of carboxylic acids is 1. The van der Waals surface area contributed by atoms with Crippen LogP contribution in [0.5, 0.6) is 0 Å². The monoisotopic (exact) mass is 464 g/mol. The maximum atomic E-state index is 11.6. The molecule has 32 heavy (non-hydrogen) atoms. The number of thiol groups is 1. The van der Waals surface area contributed by atoms with E-state index >= 15 is 0 Å². The van der Waals surface area contributed by atoms with Crippen molar-refractivity contribution in [1.29, 1.82) is 0 Å². The van der Waals surface area contributed by atoms with Crippen LogP contribution in [0.2, 0.25) is 0 Å². The van der Waals surface area contributed by atoms with Gasteiger partial charge in [0.15, 0.2) is 0 Å². The summed E-state index contributed by atoms with van der Waals surface area (Å²) in [4.78, 5) is 32.7. The van der Waals surface area contributed by atoms with Gasteiger partial charge in [0, 0.05) is 29.8 Å². The molecular weight excluding hydrogens is 432 g/mol. The molecule has 4 fully saturated rings. The number of ether oxygens (including phenoxy) is 1. The smallest absolute Gasteiger partial charge is 0.345 e. The largest absolute Gasteiger partial charge is 0.478 e. The summed E-state index contributed by atoms with van der Waals surface area (Å²) in [6, 6.07) is 5.41. The molecule has 4 saturated carbocycles. The van der Waals surface area contributed by atoms with E-state index in [1.54, 1.807) is 6.92 Å². The number of aliphatic carboxylic acids is 1. The minimum absolute atomic E-state index is 0.0572. The number of nitro groups is 1. The molecule has 9 heteroatoms. The minimum atomic E-state index is -1.33. The Labute approximate surface area is 193 Å². The second-order valence-electron chi connectivity index (χ2n) is 9.75. The molecule has 2 atom stereocenters. The Morgan fingerprint density at radius 3 is 2.06 bits per heavy atom. The fraction of sp³-hybridized carbons (Fsp3) is 0.652. The first kappa shape index (κ1) is 24.5. The summed E-state index contributed by atoms with van der Waals surface area (Å²) >= 11 is 3.95. The van der Waals surface area contributed by atoms with E-state index in [-0.39, 0.29) is 17.9 Å².